The van der Waals surface area contributed by atoms with Crippen molar-refractivity contribution in [1.29, 1.82) is 0 Å². The summed E-state index contributed by atoms with van der Waals surface area (Å²) in [6.07, 6.45) is 1.33. The predicted molar refractivity (Wildman–Crippen MR) is 115 cm³/mol. The molecule has 1 aromatic rings. The molecule has 3 N–H and O–H groups in total. The molecule has 4 rings (SSSR count). The van der Waals surface area contributed by atoms with E-state index in [-0.39, 0.29) is 18.4 Å². The van der Waals surface area contributed by atoms with Gasteiger partial charge >= 0.3 is 10.2 Å². The Morgan fingerprint density at radius 2 is 1.87 bits per heavy atom. The van der Waals surface area contributed by atoms with Gasteiger partial charge in [-0.05, 0) is 18.2 Å². The Labute approximate surface area is 180 Å². The number of halogens is 1. The number of carbonyl (C=O) groups is 2. The van der Waals surface area contributed by atoms with Crippen molar-refractivity contribution < 1.29 is 18.0 Å². The van der Waals surface area contributed by atoms with Crippen LogP contribution >= 0.6 is 11.6 Å². The third-order valence-corrected chi connectivity index (χ3v) is 6.73. The van der Waals surface area contributed by atoms with E-state index in [1.54, 1.807) is 15.9 Å². The van der Waals surface area contributed by atoms with Gasteiger partial charge in [-0.3, -0.25) is 23.9 Å². The molecule has 0 unspecified atom stereocenters. The zero-order valence-electron chi connectivity index (χ0n) is 16.2. The monoisotopic (exact) mass is 454 g/mol. The fourth-order valence-electron chi connectivity index (χ4n) is 3.86. The van der Waals surface area contributed by atoms with Crippen LogP contribution in [0.4, 0.5) is 17.1 Å². The average molecular weight is 455 g/mol. The van der Waals surface area contributed by atoms with Gasteiger partial charge < -0.3 is 15.1 Å². The van der Waals surface area contributed by atoms with Crippen LogP contribution in [0.25, 0.3) is 0 Å². The van der Waals surface area contributed by atoms with Gasteiger partial charge in [-0.2, -0.15) is 8.42 Å². The number of rotatable bonds is 5. The molecule has 0 spiro atoms. The normalized spacial score (nSPS) is 20.6. The number of likely N-dealkylation sites (tertiary alicyclic amines) is 1. The van der Waals surface area contributed by atoms with E-state index in [9.17, 15) is 18.0 Å². The van der Waals surface area contributed by atoms with Crippen LogP contribution in [0.2, 0.25) is 5.02 Å². The van der Waals surface area contributed by atoms with Gasteiger partial charge in [-0.1, -0.05) is 18.2 Å². The standard InChI is InChI=1S/C18H23ClN6O4S/c1-2-16(26)25-10-13(11-25)23-3-5-24(6-4-23)17(27)9-20-14-7-12(19)8-15-18(14)22-30(28,29)21-15/h2,7-8,13,20-22H,1,3-6,9-11H2. The van der Waals surface area contributed by atoms with Crippen molar-refractivity contribution in [3.8, 4) is 0 Å². The van der Waals surface area contributed by atoms with E-state index in [0.29, 0.717) is 54.3 Å². The fraction of sp³-hybridized carbons (Fsp3) is 0.444. The summed E-state index contributed by atoms with van der Waals surface area (Å²) in [7, 11) is -3.66. The Kier molecular flexibility index (Phi) is 5.51. The molecule has 0 atom stereocenters. The second-order valence-electron chi connectivity index (χ2n) is 7.45. The lowest BCUT2D eigenvalue weighted by Gasteiger charge is -2.47. The molecule has 0 aromatic heterocycles. The molecule has 12 heteroatoms. The number of hydrogen-bond donors (Lipinski definition) is 3. The summed E-state index contributed by atoms with van der Waals surface area (Å²) < 4.78 is 28.2. The van der Waals surface area contributed by atoms with E-state index in [0.717, 1.165) is 13.1 Å². The molecule has 0 saturated carbocycles. The SMILES string of the molecule is C=CC(=O)N1CC(N2CCN(C(=O)CNc3cc(Cl)cc4c3NS(=O)(=O)N4)CC2)C1. The molecule has 3 heterocycles. The fourth-order valence-corrected chi connectivity index (χ4v) is 5.06. The summed E-state index contributed by atoms with van der Waals surface area (Å²) in [5, 5.41) is 3.35. The second-order valence-corrected chi connectivity index (χ2v) is 9.31. The van der Waals surface area contributed by atoms with Crippen LogP contribution in [-0.2, 0) is 19.8 Å². The van der Waals surface area contributed by atoms with E-state index in [1.807, 2.05) is 0 Å². The van der Waals surface area contributed by atoms with E-state index in [4.69, 9.17) is 11.6 Å². The van der Waals surface area contributed by atoms with Gasteiger partial charge in [0.2, 0.25) is 11.8 Å². The zero-order valence-corrected chi connectivity index (χ0v) is 17.8. The zero-order chi connectivity index (χ0) is 21.5. The highest BCUT2D eigenvalue weighted by atomic mass is 35.5. The maximum Gasteiger partial charge on any atom is 0.321 e. The first-order valence-corrected chi connectivity index (χ1v) is 11.4. The van der Waals surface area contributed by atoms with Crippen LogP contribution in [0.5, 0.6) is 0 Å². The molecule has 30 heavy (non-hydrogen) atoms. The molecule has 2 saturated heterocycles. The number of hydrogen-bond acceptors (Lipinski definition) is 6. The molecule has 0 aliphatic carbocycles. The average Bonchev–Trinajstić information content (AvgIpc) is 2.98. The molecular formula is C18H23ClN6O4S. The molecule has 10 nitrogen and oxygen atoms in total. The molecule has 162 valence electrons. The minimum absolute atomic E-state index is 0.0273. The van der Waals surface area contributed by atoms with Crippen molar-refractivity contribution in [2.75, 3.05) is 60.6 Å². The highest BCUT2D eigenvalue weighted by Gasteiger charge is 2.35. The minimum Gasteiger partial charge on any atom is -0.374 e. The van der Waals surface area contributed by atoms with Crippen LogP contribution in [0.3, 0.4) is 0 Å². The van der Waals surface area contributed by atoms with Gasteiger partial charge in [-0.15, -0.1) is 0 Å². The van der Waals surface area contributed by atoms with Gasteiger partial charge in [0.25, 0.3) is 0 Å². The lowest BCUT2D eigenvalue weighted by atomic mass is 10.1. The van der Waals surface area contributed by atoms with Gasteiger partial charge in [0.1, 0.15) is 0 Å². The first kappa shape index (κ1) is 20.8. The Bertz CT molecular complexity index is 987. The van der Waals surface area contributed by atoms with Gasteiger partial charge in [0, 0.05) is 50.3 Å². The summed E-state index contributed by atoms with van der Waals surface area (Å²) in [4.78, 5) is 30.0. The molecule has 3 aliphatic rings. The number of carbonyl (C=O) groups excluding carboxylic acids is 2. The Morgan fingerprint density at radius 3 is 2.53 bits per heavy atom. The Hall–Kier alpha value is -2.50. The summed E-state index contributed by atoms with van der Waals surface area (Å²) in [5.41, 5.74) is 1.13. The highest BCUT2D eigenvalue weighted by molar-refractivity contribution is 7.94. The summed E-state index contributed by atoms with van der Waals surface area (Å²) in [6, 6.07) is 3.41. The predicted octanol–water partition coefficient (Wildman–Crippen LogP) is 0.375. The first-order chi connectivity index (χ1) is 14.3. The summed E-state index contributed by atoms with van der Waals surface area (Å²) in [6.45, 7) is 7.64. The number of piperazine rings is 1. The topological polar surface area (TPSA) is 114 Å². The van der Waals surface area contributed by atoms with E-state index in [2.05, 4.69) is 26.2 Å². The largest absolute Gasteiger partial charge is 0.374 e. The maximum absolute atomic E-state index is 12.6. The molecule has 2 amide bonds. The maximum atomic E-state index is 12.6. The number of anilines is 3. The smallest absolute Gasteiger partial charge is 0.321 e. The second kappa shape index (κ2) is 7.97. The number of nitrogens with one attached hydrogen (secondary N) is 3. The summed E-state index contributed by atoms with van der Waals surface area (Å²) >= 11 is 6.06. The number of benzene rings is 1. The third-order valence-electron chi connectivity index (χ3n) is 5.55. The lowest BCUT2D eigenvalue weighted by Crippen LogP contribution is -2.64. The van der Waals surface area contributed by atoms with E-state index >= 15 is 0 Å². The Balaban J connectivity index is 1.28. The van der Waals surface area contributed by atoms with Gasteiger partial charge in [-0.25, -0.2) is 0 Å². The van der Waals surface area contributed by atoms with Gasteiger partial charge in [0.05, 0.1) is 23.6 Å². The van der Waals surface area contributed by atoms with Crippen LogP contribution in [-0.4, -0.2) is 86.8 Å². The molecule has 0 bridgehead atoms. The van der Waals surface area contributed by atoms with Crippen molar-refractivity contribution in [2.24, 2.45) is 0 Å². The first-order valence-electron chi connectivity index (χ1n) is 9.57. The molecule has 2 fully saturated rings. The number of nitrogens with zero attached hydrogens (tertiary/aromatic N) is 3. The van der Waals surface area contributed by atoms with Crippen LogP contribution < -0.4 is 14.8 Å². The molecule has 1 aromatic carbocycles. The van der Waals surface area contributed by atoms with Crippen LogP contribution in [0.1, 0.15) is 0 Å². The molecular weight excluding hydrogens is 432 g/mol. The number of amides is 2. The van der Waals surface area contributed by atoms with Crippen molar-refractivity contribution in [1.82, 2.24) is 14.7 Å². The third kappa shape index (κ3) is 4.18. The van der Waals surface area contributed by atoms with Crippen LogP contribution in [0, 0.1) is 0 Å². The Morgan fingerprint density at radius 1 is 1.17 bits per heavy atom. The van der Waals surface area contributed by atoms with Crippen molar-refractivity contribution in [3.63, 3.8) is 0 Å². The quantitative estimate of drug-likeness (QED) is 0.554. The van der Waals surface area contributed by atoms with E-state index in [1.165, 1.54) is 12.1 Å². The highest BCUT2D eigenvalue weighted by Crippen LogP contribution is 2.39. The minimum atomic E-state index is -3.66. The number of fused-ring (bicyclic) bond motifs is 1. The van der Waals surface area contributed by atoms with E-state index < -0.39 is 10.2 Å². The molecule has 3 aliphatic heterocycles. The van der Waals surface area contributed by atoms with Crippen LogP contribution in [0.15, 0.2) is 24.8 Å². The van der Waals surface area contributed by atoms with Crippen molar-refractivity contribution in [3.05, 3.63) is 29.8 Å². The lowest BCUT2D eigenvalue weighted by molar-refractivity contribution is -0.135. The van der Waals surface area contributed by atoms with Gasteiger partial charge in [0.15, 0.2) is 0 Å². The summed E-state index contributed by atoms with van der Waals surface area (Å²) in [5.74, 6) is -0.120. The molecule has 0 radical (unpaired) electrons. The van der Waals surface area contributed by atoms with Crippen molar-refractivity contribution in [2.45, 2.75) is 6.04 Å². The van der Waals surface area contributed by atoms with Crippen molar-refractivity contribution >= 4 is 50.7 Å².